The number of esters is 1. The normalized spacial score (nSPS) is 10.6. The van der Waals surface area contributed by atoms with E-state index in [1.807, 2.05) is 24.3 Å². The molecule has 1 heterocycles. The van der Waals surface area contributed by atoms with E-state index >= 15 is 0 Å². The summed E-state index contributed by atoms with van der Waals surface area (Å²) in [6, 6.07) is 14.4. The number of anilines is 1. The van der Waals surface area contributed by atoms with Crippen LogP contribution in [0.4, 0.5) is 5.69 Å². The van der Waals surface area contributed by atoms with Gasteiger partial charge in [-0.05, 0) is 23.8 Å². The van der Waals surface area contributed by atoms with Gasteiger partial charge in [0.05, 0.1) is 18.6 Å². The first-order chi connectivity index (χ1) is 13.9. The third kappa shape index (κ3) is 4.57. The number of carbonyl (C=O) groups excluding carboxylic acids is 3. The standard InChI is InChI=1S/C21H20ClN3O4/c1-25-16-6-4-3-5-15(16)19(22)20(25)21(28)24-14-9-7-13(8-10-14)11-17(26)23-12-18(27)29-2/h3-10H,11-12H2,1-2H3,(H,23,26)(H,24,28). The number of nitrogens with zero attached hydrogens (tertiary/aromatic N) is 1. The Morgan fingerprint density at radius 2 is 1.76 bits per heavy atom. The lowest BCUT2D eigenvalue weighted by molar-refractivity contribution is -0.141. The molecular formula is C21H20ClN3O4. The average molecular weight is 414 g/mol. The Morgan fingerprint density at radius 1 is 1.07 bits per heavy atom. The number of hydrogen-bond donors (Lipinski definition) is 2. The van der Waals surface area contributed by atoms with E-state index < -0.39 is 5.97 Å². The van der Waals surface area contributed by atoms with Crippen LogP contribution in [0.25, 0.3) is 10.9 Å². The number of para-hydroxylation sites is 1. The zero-order valence-corrected chi connectivity index (χ0v) is 16.7. The van der Waals surface area contributed by atoms with E-state index in [4.69, 9.17) is 11.6 Å². The van der Waals surface area contributed by atoms with Crippen LogP contribution in [-0.2, 0) is 27.8 Å². The predicted octanol–water partition coefficient (Wildman–Crippen LogP) is 2.92. The van der Waals surface area contributed by atoms with Gasteiger partial charge in [0.15, 0.2) is 0 Å². The van der Waals surface area contributed by atoms with Crippen molar-refractivity contribution in [3.05, 3.63) is 64.8 Å². The Labute approximate surface area is 172 Å². The molecule has 0 bridgehead atoms. The molecule has 0 aliphatic rings. The van der Waals surface area contributed by atoms with Crippen molar-refractivity contribution in [3.63, 3.8) is 0 Å². The number of ether oxygens (including phenoxy) is 1. The van der Waals surface area contributed by atoms with Crippen molar-refractivity contribution < 1.29 is 19.1 Å². The number of rotatable bonds is 6. The van der Waals surface area contributed by atoms with E-state index in [9.17, 15) is 14.4 Å². The molecule has 3 aromatic rings. The third-order valence-electron chi connectivity index (χ3n) is 4.49. The number of nitrogens with one attached hydrogen (secondary N) is 2. The van der Waals surface area contributed by atoms with Crippen LogP contribution in [0.5, 0.6) is 0 Å². The first kappa shape index (κ1) is 20.4. The van der Waals surface area contributed by atoms with Crippen LogP contribution in [-0.4, -0.2) is 36.0 Å². The Kier molecular flexibility index (Phi) is 6.19. The number of halogens is 1. The van der Waals surface area contributed by atoms with Gasteiger partial charge >= 0.3 is 5.97 Å². The minimum absolute atomic E-state index is 0.111. The number of carbonyl (C=O) groups is 3. The molecule has 1 aromatic heterocycles. The first-order valence-electron chi connectivity index (χ1n) is 8.87. The third-order valence-corrected chi connectivity index (χ3v) is 4.88. The van der Waals surface area contributed by atoms with Crippen molar-refractivity contribution in [1.82, 2.24) is 9.88 Å². The molecule has 2 aromatic carbocycles. The van der Waals surface area contributed by atoms with Gasteiger partial charge in [-0.25, -0.2) is 0 Å². The van der Waals surface area contributed by atoms with E-state index in [0.717, 1.165) is 16.5 Å². The van der Waals surface area contributed by atoms with Crippen LogP contribution in [0.2, 0.25) is 5.02 Å². The molecule has 0 saturated carbocycles. The molecule has 0 unspecified atom stereocenters. The summed E-state index contributed by atoms with van der Waals surface area (Å²) in [5.74, 6) is -1.13. The van der Waals surface area contributed by atoms with Gasteiger partial charge in [0.25, 0.3) is 5.91 Å². The van der Waals surface area contributed by atoms with Crippen molar-refractivity contribution in [2.24, 2.45) is 7.05 Å². The molecule has 29 heavy (non-hydrogen) atoms. The minimum atomic E-state index is -0.511. The molecule has 0 fully saturated rings. The Morgan fingerprint density at radius 3 is 2.41 bits per heavy atom. The van der Waals surface area contributed by atoms with Crippen LogP contribution >= 0.6 is 11.6 Å². The SMILES string of the molecule is COC(=O)CNC(=O)Cc1ccc(NC(=O)c2c(Cl)c3ccccc3n2C)cc1. The highest BCUT2D eigenvalue weighted by molar-refractivity contribution is 6.39. The lowest BCUT2D eigenvalue weighted by Gasteiger charge is -2.08. The summed E-state index contributed by atoms with van der Waals surface area (Å²) >= 11 is 6.41. The Hall–Kier alpha value is -3.32. The van der Waals surface area contributed by atoms with Gasteiger partial charge in [-0.1, -0.05) is 41.9 Å². The fraction of sp³-hybridized carbons (Fsp3) is 0.190. The zero-order chi connectivity index (χ0) is 21.0. The molecule has 2 amide bonds. The smallest absolute Gasteiger partial charge is 0.325 e. The Balaban J connectivity index is 1.66. The van der Waals surface area contributed by atoms with Crippen molar-refractivity contribution in [2.45, 2.75) is 6.42 Å². The fourth-order valence-electron chi connectivity index (χ4n) is 2.99. The molecule has 0 spiro atoms. The first-order valence-corrected chi connectivity index (χ1v) is 9.25. The number of amides is 2. The molecule has 0 aliphatic heterocycles. The molecule has 2 N–H and O–H groups in total. The second-order valence-electron chi connectivity index (χ2n) is 6.42. The van der Waals surface area contributed by atoms with Crippen molar-refractivity contribution >= 4 is 46.0 Å². The van der Waals surface area contributed by atoms with Crippen LogP contribution in [0.15, 0.2) is 48.5 Å². The summed E-state index contributed by atoms with van der Waals surface area (Å²) in [6.45, 7) is -0.171. The predicted molar refractivity (Wildman–Crippen MR) is 111 cm³/mol. The van der Waals surface area contributed by atoms with Crippen molar-refractivity contribution in [2.75, 3.05) is 19.0 Å². The summed E-state index contributed by atoms with van der Waals surface area (Å²) in [4.78, 5) is 35.6. The Bertz CT molecular complexity index is 1030. The van der Waals surface area contributed by atoms with E-state index in [1.165, 1.54) is 7.11 Å². The van der Waals surface area contributed by atoms with Gasteiger partial charge in [-0.3, -0.25) is 14.4 Å². The van der Waals surface area contributed by atoms with E-state index in [2.05, 4.69) is 15.4 Å². The van der Waals surface area contributed by atoms with Gasteiger partial charge in [0, 0.05) is 23.6 Å². The monoisotopic (exact) mass is 413 g/mol. The van der Waals surface area contributed by atoms with Gasteiger partial charge in [-0.15, -0.1) is 0 Å². The number of aromatic nitrogens is 1. The maximum Gasteiger partial charge on any atom is 0.325 e. The quantitative estimate of drug-likeness (QED) is 0.608. The lowest BCUT2D eigenvalue weighted by Crippen LogP contribution is -2.31. The summed E-state index contributed by atoms with van der Waals surface area (Å²) in [6.07, 6.45) is 0.111. The largest absolute Gasteiger partial charge is 0.468 e. The van der Waals surface area contributed by atoms with Gasteiger partial charge in [0.1, 0.15) is 12.2 Å². The highest BCUT2D eigenvalue weighted by Gasteiger charge is 2.19. The summed E-state index contributed by atoms with van der Waals surface area (Å²) < 4.78 is 6.23. The van der Waals surface area contributed by atoms with Crippen molar-refractivity contribution in [1.29, 1.82) is 0 Å². The molecule has 8 heteroatoms. The van der Waals surface area contributed by atoms with Crippen LogP contribution in [0, 0.1) is 0 Å². The van der Waals surface area contributed by atoms with Crippen molar-refractivity contribution in [3.8, 4) is 0 Å². The fourth-order valence-corrected chi connectivity index (χ4v) is 3.36. The molecule has 150 valence electrons. The lowest BCUT2D eigenvalue weighted by atomic mass is 10.1. The van der Waals surface area contributed by atoms with E-state index in [1.54, 1.807) is 35.9 Å². The highest BCUT2D eigenvalue weighted by Crippen LogP contribution is 2.30. The summed E-state index contributed by atoms with van der Waals surface area (Å²) in [7, 11) is 3.05. The highest BCUT2D eigenvalue weighted by atomic mass is 35.5. The number of methoxy groups -OCH3 is 1. The molecular weight excluding hydrogens is 394 g/mol. The number of fused-ring (bicyclic) bond motifs is 1. The van der Waals surface area contributed by atoms with Gasteiger partial charge < -0.3 is 19.9 Å². The maximum atomic E-state index is 12.7. The zero-order valence-electron chi connectivity index (χ0n) is 16.0. The molecule has 0 radical (unpaired) electrons. The van der Waals surface area contributed by atoms with Gasteiger partial charge in [-0.2, -0.15) is 0 Å². The second-order valence-corrected chi connectivity index (χ2v) is 6.80. The van der Waals surface area contributed by atoms with E-state index in [-0.39, 0.29) is 24.8 Å². The molecule has 0 saturated heterocycles. The summed E-state index contributed by atoms with van der Waals surface area (Å²) in [5, 5.41) is 6.52. The van der Waals surface area contributed by atoms with Crippen LogP contribution in [0.1, 0.15) is 16.1 Å². The number of benzene rings is 2. The van der Waals surface area contributed by atoms with E-state index in [0.29, 0.717) is 16.4 Å². The number of hydrogen-bond acceptors (Lipinski definition) is 4. The molecule has 7 nitrogen and oxygen atoms in total. The van der Waals surface area contributed by atoms with Crippen LogP contribution in [0.3, 0.4) is 0 Å². The molecule has 3 rings (SSSR count). The molecule has 0 aliphatic carbocycles. The van der Waals surface area contributed by atoms with Crippen LogP contribution < -0.4 is 10.6 Å². The summed E-state index contributed by atoms with van der Waals surface area (Å²) in [5.41, 5.74) is 2.57. The average Bonchev–Trinajstić information content (AvgIpc) is 2.98. The van der Waals surface area contributed by atoms with Gasteiger partial charge in [0.2, 0.25) is 5.91 Å². The number of aryl methyl sites for hydroxylation is 1. The maximum absolute atomic E-state index is 12.7. The second kappa shape index (κ2) is 8.79. The molecule has 0 atom stereocenters. The topological polar surface area (TPSA) is 89.4 Å². The minimum Gasteiger partial charge on any atom is -0.468 e.